The Morgan fingerprint density at radius 2 is 1.78 bits per heavy atom. The van der Waals surface area contributed by atoms with Crippen LogP contribution in [0.5, 0.6) is 5.75 Å². The summed E-state index contributed by atoms with van der Waals surface area (Å²) in [6, 6.07) is 19.0. The number of hydrogen-bond donors (Lipinski definition) is 2. The zero-order chi connectivity index (χ0) is 22.9. The monoisotopic (exact) mass is 466 g/mol. The van der Waals surface area contributed by atoms with Crippen LogP contribution in [0, 0.1) is 0 Å². The first-order chi connectivity index (χ1) is 15.2. The molecule has 0 radical (unpaired) electrons. The number of aromatic nitrogens is 1. The average Bonchev–Trinajstić information content (AvgIpc) is 3.18. The molecule has 2 N–H and O–H groups in total. The van der Waals surface area contributed by atoms with Gasteiger partial charge in [-0.05, 0) is 55.8 Å². The zero-order valence-electron chi connectivity index (χ0n) is 17.6. The third-order valence-corrected chi connectivity index (χ3v) is 8.28. The summed E-state index contributed by atoms with van der Waals surface area (Å²) in [4.78, 5) is 17.2. The summed E-state index contributed by atoms with van der Waals surface area (Å²) in [7, 11) is -3.34. The molecule has 32 heavy (non-hydrogen) atoms. The fourth-order valence-electron chi connectivity index (χ4n) is 3.24. The highest BCUT2D eigenvalue weighted by Crippen LogP contribution is 2.36. The van der Waals surface area contributed by atoms with Crippen LogP contribution in [0.3, 0.4) is 0 Å². The van der Waals surface area contributed by atoms with E-state index in [1.165, 1.54) is 29.5 Å². The molecule has 0 saturated heterocycles. The van der Waals surface area contributed by atoms with Crippen molar-refractivity contribution in [1.29, 1.82) is 0 Å². The van der Waals surface area contributed by atoms with Gasteiger partial charge in [0.25, 0.3) is 0 Å². The van der Waals surface area contributed by atoms with Gasteiger partial charge in [-0.1, -0.05) is 24.3 Å². The molecule has 0 aliphatic carbocycles. The molecule has 0 atom stereocenters. The number of anilines is 1. The number of amides is 1. The Balaban J connectivity index is 1.45. The van der Waals surface area contributed by atoms with Crippen molar-refractivity contribution in [1.82, 2.24) is 4.98 Å². The Bertz CT molecular complexity index is 1360. The van der Waals surface area contributed by atoms with Crippen molar-refractivity contribution in [2.45, 2.75) is 30.4 Å². The Labute approximate surface area is 190 Å². The first-order valence-electron chi connectivity index (χ1n) is 10.1. The van der Waals surface area contributed by atoms with E-state index in [1.54, 1.807) is 38.1 Å². The van der Waals surface area contributed by atoms with Gasteiger partial charge >= 0.3 is 0 Å². The summed E-state index contributed by atoms with van der Waals surface area (Å²) in [5.41, 5.74) is 2.64. The predicted octanol–water partition coefficient (Wildman–Crippen LogP) is 5.03. The largest absolute Gasteiger partial charge is 0.507 e. The van der Waals surface area contributed by atoms with Crippen molar-refractivity contribution in [2.75, 3.05) is 5.32 Å². The molecule has 0 spiro atoms. The number of thiazole rings is 1. The van der Waals surface area contributed by atoms with E-state index in [2.05, 4.69) is 10.3 Å². The molecular weight excluding hydrogens is 444 g/mol. The van der Waals surface area contributed by atoms with Crippen molar-refractivity contribution < 1.29 is 18.3 Å². The van der Waals surface area contributed by atoms with E-state index < -0.39 is 15.1 Å². The lowest BCUT2D eigenvalue weighted by atomic mass is 10.1. The van der Waals surface area contributed by atoms with Gasteiger partial charge in [0.15, 0.2) is 9.84 Å². The second kappa shape index (κ2) is 8.72. The van der Waals surface area contributed by atoms with E-state index in [4.69, 9.17) is 0 Å². The third-order valence-electron chi connectivity index (χ3n) is 5.04. The van der Waals surface area contributed by atoms with Gasteiger partial charge < -0.3 is 10.4 Å². The lowest BCUT2D eigenvalue weighted by molar-refractivity contribution is -0.115. The summed E-state index contributed by atoms with van der Waals surface area (Å²) in [5.74, 6) is -0.235. The molecule has 1 heterocycles. The zero-order valence-corrected chi connectivity index (χ0v) is 19.2. The fraction of sp³-hybridized carbons (Fsp3) is 0.167. The number of phenolic OH excluding ortho intramolecular Hbond substituents is 1. The van der Waals surface area contributed by atoms with Gasteiger partial charge in [-0.25, -0.2) is 13.4 Å². The molecule has 0 unspecified atom stereocenters. The highest BCUT2D eigenvalue weighted by atomic mass is 32.2. The number of para-hydroxylation sites is 1. The number of phenols is 1. The number of carbonyl (C=O) groups is 1. The van der Waals surface area contributed by atoms with Crippen molar-refractivity contribution in [3.8, 4) is 16.3 Å². The van der Waals surface area contributed by atoms with Crippen LogP contribution >= 0.6 is 11.3 Å². The van der Waals surface area contributed by atoms with Gasteiger partial charge in [-0.2, -0.15) is 0 Å². The number of carbonyl (C=O) groups excluding carboxylic acids is 1. The summed E-state index contributed by atoms with van der Waals surface area (Å²) in [6.45, 7) is 3.27. The highest BCUT2D eigenvalue weighted by molar-refractivity contribution is 7.92. The van der Waals surface area contributed by atoms with Crippen LogP contribution in [0.1, 0.15) is 19.4 Å². The predicted molar refractivity (Wildman–Crippen MR) is 128 cm³/mol. The molecule has 1 aromatic heterocycles. The van der Waals surface area contributed by atoms with Crippen molar-refractivity contribution in [3.05, 3.63) is 72.3 Å². The number of rotatable bonds is 6. The van der Waals surface area contributed by atoms with Crippen LogP contribution in [-0.4, -0.2) is 29.7 Å². The molecular formula is C24H22N2O4S2. The highest BCUT2D eigenvalue weighted by Gasteiger charge is 2.19. The van der Waals surface area contributed by atoms with Crippen LogP contribution in [0.2, 0.25) is 0 Å². The van der Waals surface area contributed by atoms with E-state index in [0.29, 0.717) is 21.8 Å². The van der Waals surface area contributed by atoms with Crippen molar-refractivity contribution >= 4 is 43.0 Å². The quantitative estimate of drug-likeness (QED) is 0.415. The fourth-order valence-corrected chi connectivity index (χ4v) is 5.30. The Morgan fingerprint density at radius 1 is 1.06 bits per heavy atom. The Kier molecular flexibility index (Phi) is 5.99. The van der Waals surface area contributed by atoms with Crippen LogP contribution < -0.4 is 5.32 Å². The second-order valence-corrected chi connectivity index (χ2v) is 11.2. The molecule has 1 amide bonds. The van der Waals surface area contributed by atoms with Gasteiger partial charge in [-0.15, -0.1) is 11.3 Å². The lowest BCUT2D eigenvalue weighted by Gasteiger charge is -2.10. The van der Waals surface area contributed by atoms with E-state index in [0.717, 1.165) is 10.2 Å². The van der Waals surface area contributed by atoms with Crippen LogP contribution in [0.15, 0.2) is 71.6 Å². The Morgan fingerprint density at radius 3 is 2.44 bits per heavy atom. The minimum absolute atomic E-state index is 0.0325. The molecule has 0 aliphatic rings. The number of sulfone groups is 1. The number of nitrogens with zero attached hydrogens (tertiary/aromatic N) is 1. The van der Waals surface area contributed by atoms with E-state index in [1.807, 2.05) is 24.3 Å². The summed E-state index contributed by atoms with van der Waals surface area (Å²) in [5, 5.41) is 13.4. The Hall–Kier alpha value is -3.23. The van der Waals surface area contributed by atoms with Crippen LogP contribution in [0.25, 0.3) is 20.8 Å². The lowest BCUT2D eigenvalue weighted by Crippen LogP contribution is -2.15. The van der Waals surface area contributed by atoms with Gasteiger partial charge in [0, 0.05) is 11.8 Å². The second-order valence-electron chi connectivity index (χ2n) is 7.68. The van der Waals surface area contributed by atoms with Gasteiger partial charge in [0.2, 0.25) is 5.91 Å². The molecule has 0 fully saturated rings. The maximum absolute atomic E-state index is 12.4. The maximum atomic E-state index is 12.4. The maximum Gasteiger partial charge on any atom is 0.228 e. The standard InChI is InChI=1S/C24H22N2O4S2/c1-15(2)32(29,30)18-10-7-16(8-11-18)13-23(28)25-17-9-12-19(21(27)14-17)24-26-20-5-3-4-6-22(20)31-24/h3-12,14-15,27H,13H2,1-2H3,(H,25,28). The van der Waals surface area contributed by atoms with Gasteiger partial charge in [-0.3, -0.25) is 4.79 Å². The molecule has 8 heteroatoms. The molecule has 0 bridgehead atoms. The van der Waals surface area contributed by atoms with E-state index >= 15 is 0 Å². The molecule has 4 rings (SSSR count). The first-order valence-corrected chi connectivity index (χ1v) is 12.4. The van der Waals surface area contributed by atoms with E-state index in [-0.39, 0.29) is 23.0 Å². The summed E-state index contributed by atoms with van der Waals surface area (Å²) >= 11 is 1.49. The third kappa shape index (κ3) is 4.51. The first kappa shape index (κ1) is 22.0. The molecule has 4 aromatic rings. The number of fused-ring (bicyclic) bond motifs is 1. The van der Waals surface area contributed by atoms with Gasteiger partial charge in [0.1, 0.15) is 10.8 Å². The van der Waals surface area contributed by atoms with Crippen molar-refractivity contribution in [2.24, 2.45) is 0 Å². The SMILES string of the molecule is CC(C)S(=O)(=O)c1ccc(CC(=O)Nc2ccc(-c3nc4ccccc4s3)c(O)c2)cc1. The van der Waals surface area contributed by atoms with Crippen LogP contribution in [-0.2, 0) is 21.1 Å². The average molecular weight is 467 g/mol. The van der Waals surface area contributed by atoms with Gasteiger partial charge in [0.05, 0.1) is 32.3 Å². The smallest absolute Gasteiger partial charge is 0.228 e. The molecule has 6 nitrogen and oxygen atoms in total. The molecule has 164 valence electrons. The number of benzene rings is 3. The van der Waals surface area contributed by atoms with Crippen LogP contribution in [0.4, 0.5) is 5.69 Å². The van der Waals surface area contributed by atoms with E-state index in [9.17, 15) is 18.3 Å². The van der Waals surface area contributed by atoms with Crippen molar-refractivity contribution in [3.63, 3.8) is 0 Å². The molecule has 3 aromatic carbocycles. The molecule has 0 aliphatic heterocycles. The topological polar surface area (TPSA) is 96.4 Å². The number of nitrogens with one attached hydrogen (secondary N) is 1. The minimum Gasteiger partial charge on any atom is -0.507 e. The molecule has 0 saturated carbocycles. The number of aromatic hydroxyl groups is 1. The summed E-state index contributed by atoms with van der Waals surface area (Å²) < 4.78 is 25.5. The minimum atomic E-state index is -3.34. The summed E-state index contributed by atoms with van der Waals surface area (Å²) in [6.07, 6.45) is 0.0857. The number of hydrogen-bond acceptors (Lipinski definition) is 6. The normalized spacial score (nSPS) is 11.7.